The van der Waals surface area contributed by atoms with Gasteiger partial charge in [-0.05, 0) is 44.9 Å². The van der Waals surface area contributed by atoms with Gasteiger partial charge in [-0.2, -0.15) is 0 Å². The summed E-state index contributed by atoms with van der Waals surface area (Å²) in [6, 6.07) is 0. The maximum Gasteiger partial charge on any atom is 0.472 e. The molecule has 2 unspecified atom stereocenters. The first-order valence-electron chi connectivity index (χ1n) is 26.1. The number of hydrogen-bond donors (Lipinski definition) is 1. The van der Waals surface area contributed by atoms with Gasteiger partial charge in [-0.1, -0.05) is 218 Å². The van der Waals surface area contributed by atoms with Crippen molar-refractivity contribution < 1.29 is 37.3 Å². The van der Waals surface area contributed by atoms with E-state index in [1.165, 1.54) is 167 Å². The Morgan fingerprint density at radius 1 is 0.508 bits per heavy atom. The first-order valence-corrected chi connectivity index (χ1v) is 27.6. The number of hydrogen-bond acceptors (Lipinski definition) is 6. The van der Waals surface area contributed by atoms with Gasteiger partial charge in [-0.15, -0.1) is 0 Å². The molecule has 2 atom stereocenters. The molecular weight excluding hydrogens is 782 g/mol. The van der Waals surface area contributed by atoms with Gasteiger partial charge in [-0.3, -0.25) is 13.8 Å². The van der Waals surface area contributed by atoms with E-state index in [0.717, 1.165) is 57.8 Å². The second kappa shape index (κ2) is 45.5. The first kappa shape index (κ1) is 60.0. The highest BCUT2D eigenvalue weighted by molar-refractivity contribution is 7.47. The maximum absolute atomic E-state index is 12.7. The Morgan fingerprint density at radius 3 is 1.34 bits per heavy atom. The predicted molar refractivity (Wildman–Crippen MR) is 261 cm³/mol. The van der Waals surface area contributed by atoms with E-state index in [1.54, 1.807) is 0 Å². The van der Waals surface area contributed by atoms with Gasteiger partial charge in [0.05, 0.1) is 34.4 Å². The molecule has 0 heterocycles. The van der Waals surface area contributed by atoms with Crippen LogP contribution in [0.4, 0.5) is 0 Å². The van der Waals surface area contributed by atoms with Crippen molar-refractivity contribution in [2.45, 2.75) is 251 Å². The number of likely N-dealkylation sites (N-methyl/N-ethyl adjacent to an activating group) is 1. The van der Waals surface area contributed by atoms with Crippen LogP contribution >= 0.6 is 7.82 Å². The molecule has 0 radical (unpaired) electrons. The van der Waals surface area contributed by atoms with Gasteiger partial charge in [0.25, 0.3) is 0 Å². The van der Waals surface area contributed by atoms with Crippen molar-refractivity contribution >= 4 is 13.8 Å². The third-order valence-corrected chi connectivity index (χ3v) is 12.5. The highest BCUT2D eigenvalue weighted by atomic mass is 31.2. The second-order valence-electron chi connectivity index (χ2n) is 18.9. The normalized spacial score (nSPS) is 13.7. The van der Waals surface area contributed by atoms with E-state index in [4.69, 9.17) is 18.5 Å². The molecule has 0 fully saturated rings. The average molecular weight is 885 g/mol. The van der Waals surface area contributed by atoms with Crippen LogP contribution < -0.4 is 0 Å². The van der Waals surface area contributed by atoms with Gasteiger partial charge < -0.3 is 18.9 Å². The number of esters is 1. The van der Waals surface area contributed by atoms with Crippen LogP contribution in [0.5, 0.6) is 0 Å². The number of unbranched alkanes of at least 4 members (excludes halogenated alkanes) is 31. The fourth-order valence-corrected chi connectivity index (χ4v) is 8.21. The lowest BCUT2D eigenvalue weighted by Crippen LogP contribution is -2.37. The van der Waals surface area contributed by atoms with E-state index in [-0.39, 0.29) is 25.8 Å². The molecule has 8 nitrogen and oxygen atoms in total. The lowest BCUT2D eigenvalue weighted by molar-refractivity contribution is -0.870. The Bertz CT molecular complexity index is 1030. The largest absolute Gasteiger partial charge is 0.472 e. The van der Waals surface area contributed by atoms with Crippen LogP contribution in [0.25, 0.3) is 0 Å². The standard InChI is InChI=1S/C52H102NO7P/c1-6-8-10-12-14-16-18-20-22-24-25-26-27-28-29-30-32-34-36-38-40-42-44-47-57-49-51(50-59-61(55,56)58-48-46-53(3,4)5)60-52(54)45-43-41-39-37-35-33-31-23-21-19-17-15-13-11-9-7-2/h17,19,23,31,51H,6-16,18,20-22,24-30,32-50H2,1-5H3/p+1/b19-17-,31-23-. The van der Waals surface area contributed by atoms with Crippen LogP contribution in [0.15, 0.2) is 24.3 Å². The van der Waals surface area contributed by atoms with E-state index in [1.807, 2.05) is 21.1 Å². The monoisotopic (exact) mass is 885 g/mol. The molecule has 0 aromatic heterocycles. The molecule has 0 spiro atoms. The van der Waals surface area contributed by atoms with Crippen molar-refractivity contribution in [3.63, 3.8) is 0 Å². The number of carbonyl (C=O) groups excluding carboxylic acids is 1. The molecule has 0 rings (SSSR count). The molecule has 0 saturated heterocycles. The maximum atomic E-state index is 12.7. The van der Waals surface area contributed by atoms with Crippen molar-refractivity contribution in [2.24, 2.45) is 0 Å². The Hall–Kier alpha value is -1.02. The Labute approximate surface area is 379 Å². The molecule has 1 N–H and O–H groups in total. The summed E-state index contributed by atoms with van der Waals surface area (Å²) in [6.07, 6.45) is 53.7. The summed E-state index contributed by atoms with van der Waals surface area (Å²) in [6.45, 7) is 5.64. The van der Waals surface area contributed by atoms with Gasteiger partial charge in [-0.25, -0.2) is 4.57 Å². The van der Waals surface area contributed by atoms with Crippen LogP contribution in [-0.4, -0.2) is 75.6 Å². The summed E-state index contributed by atoms with van der Waals surface area (Å²) >= 11 is 0. The molecule has 0 aromatic carbocycles. The van der Waals surface area contributed by atoms with E-state index >= 15 is 0 Å². The molecule has 0 saturated carbocycles. The molecule has 362 valence electrons. The number of rotatable bonds is 49. The van der Waals surface area contributed by atoms with Gasteiger partial charge in [0.1, 0.15) is 19.3 Å². The summed E-state index contributed by atoms with van der Waals surface area (Å²) in [5.74, 6) is -0.322. The summed E-state index contributed by atoms with van der Waals surface area (Å²) in [5.41, 5.74) is 0. The number of allylic oxidation sites excluding steroid dienone is 4. The summed E-state index contributed by atoms with van der Waals surface area (Å²) in [5, 5.41) is 0. The number of phosphoric ester groups is 1. The number of carbonyl (C=O) groups is 1. The number of ether oxygens (including phenoxy) is 2. The molecule has 0 aliphatic heterocycles. The smallest absolute Gasteiger partial charge is 0.457 e. The predicted octanol–water partition coefficient (Wildman–Crippen LogP) is 16.0. The van der Waals surface area contributed by atoms with Crippen molar-refractivity contribution in [2.75, 3.05) is 54.1 Å². The van der Waals surface area contributed by atoms with Crippen molar-refractivity contribution in [1.29, 1.82) is 0 Å². The first-order chi connectivity index (χ1) is 29.6. The Balaban J connectivity index is 4.08. The lowest BCUT2D eigenvalue weighted by atomic mass is 10.0. The topological polar surface area (TPSA) is 91.3 Å². The highest BCUT2D eigenvalue weighted by Gasteiger charge is 2.26. The summed E-state index contributed by atoms with van der Waals surface area (Å²) in [7, 11) is 1.67. The molecule has 9 heteroatoms. The van der Waals surface area contributed by atoms with Gasteiger partial charge >= 0.3 is 13.8 Å². The quantitative estimate of drug-likeness (QED) is 0.0214. The Kier molecular flexibility index (Phi) is 44.8. The average Bonchev–Trinajstić information content (AvgIpc) is 3.22. The van der Waals surface area contributed by atoms with Gasteiger partial charge in [0, 0.05) is 13.0 Å². The minimum absolute atomic E-state index is 0.0880. The zero-order valence-electron chi connectivity index (χ0n) is 41.2. The zero-order chi connectivity index (χ0) is 44.8. The SMILES string of the molecule is CCCCCC/C=C\C/C=C\CCCCCCCC(=O)OC(COCCCCCCCCCCCCCCCCCCCCCCCCC)COP(=O)(O)OCC[N+](C)(C)C. The molecule has 0 bridgehead atoms. The molecule has 0 aliphatic carbocycles. The number of phosphoric acid groups is 1. The molecule has 0 aromatic rings. The van der Waals surface area contributed by atoms with E-state index in [2.05, 4.69) is 38.2 Å². The molecule has 0 aliphatic rings. The van der Waals surface area contributed by atoms with E-state index in [9.17, 15) is 14.3 Å². The fourth-order valence-electron chi connectivity index (χ4n) is 7.47. The minimum Gasteiger partial charge on any atom is -0.457 e. The van der Waals surface area contributed by atoms with Crippen LogP contribution in [-0.2, 0) is 27.9 Å². The van der Waals surface area contributed by atoms with Crippen LogP contribution in [0.1, 0.15) is 245 Å². The van der Waals surface area contributed by atoms with Crippen molar-refractivity contribution in [3.8, 4) is 0 Å². The van der Waals surface area contributed by atoms with E-state index in [0.29, 0.717) is 24.1 Å². The number of quaternary nitrogens is 1. The van der Waals surface area contributed by atoms with Crippen LogP contribution in [0.3, 0.4) is 0 Å². The van der Waals surface area contributed by atoms with Gasteiger partial charge in [0.15, 0.2) is 0 Å². The molecule has 61 heavy (non-hydrogen) atoms. The summed E-state index contributed by atoms with van der Waals surface area (Å²) in [4.78, 5) is 23.0. The van der Waals surface area contributed by atoms with E-state index < -0.39 is 13.9 Å². The van der Waals surface area contributed by atoms with Crippen molar-refractivity contribution in [3.05, 3.63) is 24.3 Å². The Morgan fingerprint density at radius 2 is 0.902 bits per heavy atom. The molecular formula is C52H103NO7P+. The zero-order valence-corrected chi connectivity index (χ0v) is 42.1. The molecule has 0 amide bonds. The minimum atomic E-state index is -4.28. The lowest BCUT2D eigenvalue weighted by Gasteiger charge is -2.24. The number of nitrogens with zero attached hydrogens (tertiary/aromatic N) is 1. The van der Waals surface area contributed by atoms with Crippen LogP contribution in [0, 0.1) is 0 Å². The van der Waals surface area contributed by atoms with Gasteiger partial charge in [0.2, 0.25) is 0 Å². The fraction of sp³-hybridized carbons (Fsp3) is 0.904. The third kappa shape index (κ3) is 49.8. The van der Waals surface area contributed by atoms with Crippen LogP contribution in [0.2, 0.25) is 0 Å². The van der Waals surface area contributed by atoms with Crippen molar-refractivity contribution in [1.82, 2.24) is 0 Å². The third-order valence-electron chi connectivity index (χ3n) is 11.5. The second-order valence-corrected chi connectivity index (χ2v) is 20.4. The highest BCUT2D eigenvalue weighted by Crippen LogP contribution is 2.43. The summed E-state index contributed by atoms with van der Waals surface area (Å²) < 4.78 is 35.1.